The Morgan fingerprint density at radius 3 is 2.44 bits per heavy atom. The third kappa shape index (κ3) is 3.78. The highest BCUT2D eigenvalue weighted by molar-refractivity contribution is 7.92. The molecule has 18 heavy (non-hydrogen) atoms. The van der Waals surface area contributed by atoms with Gasteiger partial charge < -0.3 is 5.32 Å². The maximum Gasteiger partial charge on any atom is 0.153 e. The SMILES string of the molecule is Cc1cc(CNCC(C)(C)S(C)(=O)=O)ccc1F. The molecule has 3 nitrogen and oxygen atoms in total. The zero-order valence-electron chi connectivity index (χ0n) is 11.2. The zero-order valence-corrected chi connectivity index (χ0v) is 12.1. The van der Waals surface area contributed by atoms with Crippen LogP contribution in [0.5, 0.6) is 0 Å². The molecule has 0 aromatic heterocycles. The molecule has 0 aliphatic heterocycles. The van der Waals surface area contributed by atoms with Crippen LogP contribution >= 0.6 is 0 Å². The van der Waals surface area contributed by atoms with E-state index >= 15 is 0 Å². The molecule has 0 saturated heterocycles. The molecular weight excluding hydrogens is 253 g/mol. The molecule has 0 atom stereocenters. The number of hydrogen-bond donors (Lipinski definition) is 1. The van der Waals surface area contributed by atoms with Gasteiger partial charge in [-0.25, -0.2) is 12.8 Å². The Hall–Kier alpha value is -0.940. The molecule has 1 N–H and O–H groups in total. The molecule has 0 saturated carbocycles. The summed E-state index contributed by atoms with van der Waals surface area (Å²) in [7, 11) is -3.09. The average molecular weight is 273 g/mol. The summed E-state index contributed by atoms with van der Waals surface area (Å²) in [5.74, 6) is -0.227. The molecule has 0 aliphatic carbocycles. The molecule has 0 fully saturated rings. The molecule has 0 amide bonds. The molecule has 0 spiro atoms. The van der Waals surface area contributed by atoms with Crippen molar-refractivity contribution in [3.05, 3.63) is 35.1 Å². The summed E-state index contributed by atoms with van der Waals surface area (Å²) >= 11 is 0. The predicted octanol–water partition coefficient (Wildman–Crippen LogP) is 2.05. The van der Waals surface area contributed by atoms with Crippen molar-refractivity contribution in [1.82, 2.24) is 5.32 Å². The topological polar surface area (TPSA) is 46.2 Å². The fourth-order valence-electron chi connectivity index (χ4n) is 1.46. The molecule has 1 rings (SSSR count). The van der Waals surface area contributed by atoms with Crippen LogP contribution < -0.4 is 5.32 Å². The van der Waals surface area contributed by atoms with Crippen molar-refractivity contribution in [3.8, 4) is 0 Å². The average Bonchev–Trinajstić information content (AvgIpc) is 2.21. The third-order valence-corrected chi connectivity index (χ3v) is 5.26. The van der Waals surface area contributed by atoms with E-state index in [0.29, 0.717) is 18.7 Å². The second-order valence-corrected chi connectivity index (χ2v) is 7.87. The fourth-order valence-corrected chi connectivity index (χ4v) is 1.82. The molecule has 0 radical (unpaired) electrons. The Morgan fingerprint density at radius 1 is 1.33 bits per heavy atom. The van der Waals surface area contributed by atoms with Gasteiger partial charge in [0.2, 0.25) is 0 Å². The van der Waals surface area contributed by atoms with Crippen molar-refractivity contribution < 1.29 is 12.8 Å². The number of halogens is 1. The first-order chi connectivity index (χ1) is 8.13. The van der Waals surface area contributed by atoms with Crippen LogP contribution in [0.25, 0.3) is 0 Å². The van der Waals surface area contributed by atoms with E-state index in [0.717, 1.165) is 5.56 Å². The van der Waals surface area contributed by atoms with Crippen LogP contribution in [0.1, 0.15) is 25.0 Å². The highest BCUT2D eigenvalue weighted by Gasteiger charge is 2.29. The summed E-state index contributed by atoms with van der Waals surface area (Å²) in [5, 5.41) is 3.09. The van der Waals surface area contributed by atoms with Gasteiger partial charge in [-0.15, -0.1) is 0 Å². The summed E-state index contributed by atoms with van der Waals surface area (Å²) in [6.07, 6.45) is 1.23. The van der Waals surface area contributed by atoms with E-state index in [1.165, 1.54) is 12.3 Å². The van der Waals surface area contributed by atoms with Crippen molar-refractivity contribution in [2.24, 2.45) is 0 Å². The fraction of sp³-hybridized carbons (Fsp3) is 0.538. The molecule has 1 aromatic carbocycles. The third-order valence-electron chi connectivity index (χ3n) is 3.11. The predicted molar refractivity (Wildman–Crippen MR) is 71.8 cm³/mol. The first kappa shape index (κ1) is 15.1. The second-order valence-electron chi connectivity index (χ2n) is 5.22. The van der Waals surface area contributed by atoms with Crippen LogP contribution in [0.4, 0.5) is 4.39 Å². The molecule has 0 heterocycles. The maximum absolute atomic E-state index is 13.1. The largest absolute Gasteiger partial charge is 0.311 e. The minimum absolute atomic E-state index is 0.227. The quantitative estimate of drug-likeness (QED) is 0.893. The lowest BCUT2D eigenvalue weighted by Gasteiger charge is -2.22. The lowest BCUT2D eigenvalue weighted by atomic mass is 10.1. The number of nitrogens with one attached hydrogen (secondary N) is 1. The van der Waals surface area contributed by atoms with E-state index in [1.54, 1.807) is 32.9 Å². The number of benzene rings is 1. The highest BCUT2D eigenvalue weighted by Crippen LogP contribution is 2.14. The van der Waals surface area contributed by atoms with Gasteiger partial charge in [0.25, 0.3) is 0 Å². The Kier molecular flexibility index (Phi) is 4.50. The van der Waals surface area contributed by atoms with Crippen LogP contribution in [0, 0.1) is 12.7 Å². The lowest BCUT2D eigenvalue weighted by molar-refractivity contribution is 0.521. The smallest absolute Gasteiger partial charge is 0.153 e. The molecule has 102 valence electrons. The first-order valence-electron chi connectivity index (χ1n) is 5.79. The normalized spacial score (nSPS) is 12.7. The van der Waals surface area contributed by atoms with E-state index in [-0.39, 0.29) is 5.82 Å². The zero-order chi connectivity index (χ0) is 14.0. The van der Waals surface area contributed by atoms with Gasteiger partial charge in [0.1, 0.15) is 5.82 Å². The van der Waals surface area contributed by atoms with Crippen LogP contribution in [0.2, 0.25) is 0 Å². The molecule has 0 bridgehead atoms. The van der Waals surface area contributed by atoms with Crippen LogP contribution in [-0.2, 0) is 16.4 Å². The first-order valence-corrected chi connectivity index (χ1v) is 7.68. The van der Waals surface area contributed by atoms with Gasteiger partial charge in [-0.1, -0.05) is 12.1 Å². The monoisotopic (exact) mass is 273 g/mol. The Labute approximate surface area is 108 Å². The number of rotatable bonds is 5. The summed E-state index contributed by atoms with van der Waals surface area (Å²) in [6, 6.07) is 4.88. The number of sulfone groups is 1. The van der Waals surface area contributed by atoms with E-state index in [4.69, 9.17) is 0 Å². The van der Waals surface area contributed by atoms with E-state index in [9.17, 15) is 12.8 Å². The van der Waals surface area contributed by atoms with Crippen LogP contribution in [-0.4, -0.2) is 26.0 Å². The summed E-state index contributed by atoms with van der Waals surface area (Å²) < 4.78 is 35.3. The molecule has 1 aromatic rings. The number of hydrogen-bond acceptors (Lipinski definition) is 3. The van der Waals surface area contributed by atoms with Gasteiger partial charge in [-0.2, -0.15) is 0 Å². The van der Waals surface area contributed by atoms with Gasteiger partial charge in [0.15, 0.2) is 9.84 Å². The minimum Gasteiger partial charge on any atom is -0.311 e. The van der Waals surface area contributed by atoms with Crippen molar-refractivity contribution in [2.45, 2.75) is 32.1 Å². The summed E-state index contributed by atoms with van der Waals surface area (Å²) in [4.78, 5) is 0. The second kappa shape index (κ2) is 5.36. The van der Waals surface area contributed by atoms with Gasteiger partial charge in [0, 0.05) is 19.3 Å². The van der Waals surface area contributed by atoms with Gasteiger partial charge in [-0.05, 0) is 38.0 Å². The van der Waals surface area contributed by atoms with E-state index < -0.39 is 14.6 Å². The van der Waals surface area contributed by atoms with E-state index in [1.807, 2.05) is 0 Å². The molecular formula is C13H20FNO2S. The highest BCUT2D eigenvalue weighted by atomic mass is 32.2. The molecule has 0 unspecified atom stereocenters. The van der Waals surface area contributed by atoms with Crippen molar-refractivity contribution in [3.63, 3.8) is 0 Å². The van der Waals surface area contributed by atoms with E-state index in [2.05, 4.69) is 5.32 Å². The maximum atomic E-state index is 13.1. The van der Waals surface area contributed by atoms with Crippen LogP contribution in [0.15, 0.2) is 18.2 Å². The Morgan fingerprint density at radius 2 is 1.94 bits per heavy atom. The summed E-state index contributed by atoms with van der Waals surface area (Å²) in [5.41, 5.74) is 1.54. The lowest BCUT2D eigenvalue weighted by Crippen LogP contribution is -2.41. The van der Waals surface area contributed by atoms with Crippen molar-refractivity contribution in [1.29, 1.82) is 0 Å². The summed E-state index contributed by atoms with van der Waals surface area (Å²) in [6.45, 7) is 5.97. The number of aryl methyl sites for hydroxylation is 1. The molecule has 5 heteroatoms. The van der Waals surface area contributed by atoms with Gasteiger partial charge >= 0.3 is 0 Å². The van der Waals surface area contributed by atoms with Gasteiger partial charge in [-0.3, -0.25) is 0 Å². The Balaban J connectivity index is 2.60. The van der Waals surface area contributed by atoms with Crippen molar-refractivity contribution in [2.75, 3.05) is 12.8 Å². The standard InChI is InChI=1S/C13H20FNO2S/c1-10-7-11(5-6-12(10)14)8-15-9-13(2,3)18(4,16)17/h5-7,15H,8-9H2,1-4H3. The van der Waals surface area contributed by atoms with Crippen molar-refractivity contribution >= 4 is 9.84 Å². The minimum atomic E-state index is -3.09. The van der Waals surface area contributed by atoms with Gasteiger partial charge in [0.05, 0.1) is 4.75 Å². The molecule has 0 aliphatic rings. The van der Waals surface area contributed by atoms with Crippen LogP contribution in [0.3, 0.4) is 0 Å². The Bertz CT molecular complexity index is 524.